The van der Waals surface area contributed by atoms with E-state index < -0.39 is 0 Å². The number of nitrogens with two attached hydrogens (primary N) is 1. The first-order valence-electron chi connectivity index (χ1n) is 10.3. The molecule has 1 aromatic carbocycles. The summed E-state index contributed by atoms with van der Waals surface area (Å²) in [6, 6.07) is 6.45. The predicted octanol–water partition coefficient (Wildman–Crippen LogP) is 2.50. The molecule has 10 nitrogen and oxygen atoms in total. The highest BCUT2D eigenvalue weighted by Crippen LogP contribution is 2.23. The number of nitrogen functional groups attached to an aromatic ring is 1. The van der Waals surface area contributed by atoms with E-state index in [9.17, 15) is 9.59 Å². The molecular weight excluding hydrogens is 446 g/mol. The molecule has 11 heteroatoms. The van der Waals surface area contributed by atoms with Crippen LogP contribution in [-0.2, 0) is 7.05 Å². The lowest BCUT2D eigenvalue weighted by atomic mass is 10.1. The van der Waals surface area contributed by atoms with E-state index in [1.54, 1.807) is 46.2 Å². The number of carbonyl (C=O) groups is 2. The van der Waals surface area contributed by atoms with Crippen LogP contribution in [0.1, 0.15) is 27.5 Å². The first-order valence-corrected chi connectivity index (χ1v) is 10.7. The number of halogens is 1. The van der Waals surface area contributed by atoms with Crippen LogP contribution in [0.25, 0.3) is 22.2 Å². The first kappa shape index (κ1) is 21.0. The Morgan fingerprint density at radius 3 is 2.88 bits per heavy atom. The van der Waals surface area contributed by atoms with Crippen LogP contribution in [0.5, 0.6) is 0 Å². The Balaban J connectivity index is 1.27. The molecule has 1 saturated heterocycles. The van der Waals surface area contributed by atoms with Crippen molar-refractivity contribution in [3.8, 4) is 11.1 Å². The van der Waals surface area contributed by atoms with Crippen molar-refractivity contribution in [3.05, 3.63) is 59.3 Å². The second-order valence-corrected chi connectivity index (χ2v) is 8.34. The second-order valence-electron chi connectivity index (χ2n) is 7.90. The summed E-state index contributed by atoms with van der Waals surface area (Å²) in [7, 11) is 1.81. The summed E-state index contributed by atoms with van der Waals surface area (Å²) in [5, 5.41) is 7.60. The summed E-state index contributed by atoms with van der Waals surface area (Å²) in [5.41, 5.74) is 8.81. The topological polar surface area (TPSA) is 132 Å². The fraction of sp³-hybridized carbons (Fsp3) is 0.227. The van der Waals surface area contributed by atoms with Gasteiger partial charge < -0.3 is 20.4 Å². The van der Waals surface area contributed by atoms with E-state index in [1.807, 2.05) is 13.2 Å². The van der Waals surface area contributed by atoms with Crippen molar-refractivity contribution in [3.63, 3.8) is 0 Å². The second kappa shape index (κ2) is 8.21. The van der Waals surface area contributed by atoms with Gasteiger partial charge in [-0.3, -0.25) is 14.3 Å². The molecule has 4 aromatic rings. The molecule has 33 heavy (non-hydrogen) atoms. The largest absolute Gasteiger partial charge is 0.432 e. The number of nitrogens with one attached hydrogen (secondary N) is 1. The third-order valence-corrected chi connectivity index (χ3v) is 5.78. The van der Waals surface area contributed by atoms with Crippen LogP contribution in [-0.4, -0.2) is 55.6 Å². The molecule has 3 aromatic heterocycles. The van der Waals surface area contributed by atoms with Gasteiger partial charge in [-0.1, -0.05) is 11.6 Å². The van der Waals surface area contributed by atoms with Gasteiger partial charge in [-0.15, -0.1) is 0 Å². The minimum absolute atomic E-state index is 0.00291. The third-order valence-electron chi connectivity index (χ3n) is 5.54. The van der Waals surface area contributed by atoms with Crippen molar-refractivity contribution >= 4 is 40.3 Å². The van der Waals surface area contributed by atoms with Crippen LogP contribution in [0.4, 0.5) is 5.82 Å². The average molecular weight is 466 g/mol. The minimum Gasteiger partial charge on any atom is -0.432 e. The molecule has 5 rings (SSSR count). The Bertz CT molecular complexity index is 1380. The van der Waals surface area contributed by atoms with Crippen LogP contribution in [0.2, 0.25) is 5.02 Å². The highest BCUT2D eigenvalue weighted by Gasteiger charge is 2.31. The average Bonchev–Trinajstić information content (AvgIpc) is 3.53. The zero-order chi connectivity index (χ0) is 23.1. The number of hydrogen-bond donors (Lipinski definition) is 2. The van der Waals surface area contributed by atoms with E-state index in [2.05, 4.69) is 20.4 Å². The molecule has 1 aliphatic rings. The lowest BCUT2D eigenvalue weighted by Gasteiger charge is -2.16. The SMILES string of the molecule is Cn1cc(-c2cnc(N)c(C(=O)N[C@@H]3CCN(C(=O)c4nc5cc(Cl)ccc5o4)C3)c2)cn1. The van der Waals surface area contributed by atoms with E-state index >= 15 is 0 Å². The van der Waals surface area contributed by atoms with Crippen LogP contribution >= 0.6 is 11.6 Å². The number of anilines is 1. The Kier molecular flexibility index (Phi) is 5.21. The molecule has 0 spiro atoms. The van der Waals surface area contributed by atoms with Gasteiger partial charge in [0.15, 0.2) is 5.58 Å². The number of amides is 2. The smallest absolute Gasteiger partial charge is 0.309 e. The fourth-order valence-corrected chi connectivity index (χ4v) is 4.00. The number of hydrogen-bond acceptors (Lipinski definition) is 7. The summed E-state index contributed by atoms with van der Waals surface area (Å²) in [4.78, 5) is 35.8. The molecule has 0 bridgehead atoms. The Morgan fingerprint density at radius 1 is 1.24 bits per heavy atom. The van der Waals surface area contributed by atoms with E-state index in [1.165, 1.54) is 0 Å². The number of aromatic nitrogens is 4. The Morgan fingerprint density at radius 2 is 2.09 bits per heavy atom. The summed E-state index contributed by atoms with van der Waals surface area (Å²) < 4.78 is 7.24. The molecule has 0 saturated carbocycles. The van der Waals surface area contributed by atoms with Gasteiger partial charge >= 0.3 is 5.91 Å². The number of likely N-dealkylation sites (tertiary alicyclic amines) is 1. The number of fused-ring (bicyclic) bond motifs is 1. The van der Waals surface area contributed by atoms with E-state index in [4.69, 9.17) is 21.8 Å². The maximum absolute atomic E-state index is 12.9. The van der Waals surface area contributed by atoms with Crippen molar-refractivity contribution in [1.82, 2.24) is 30.0 Å². The molecule has 1 aliphatic heterocycles. The number of aryl methyl sites for hydroxylation is 1. The minimum atomic E-state index is -0.346. The molecule has 0 radical (unpaired) electrons. The zero-order valence-corrected chi connectivity index (χ0v) is 18.4. The van der Waals surface area contributed by atoms with Gasteiger partial charge in [0.1, 0.15) is 11.3 Å². The van der Waals surface area contributed by atoms with Crippen LogP contribution in [0.15, 0.2) is 47.3 Å². The highest BCUT2D eigenvalue weighted by molar-refractivity contribution is 6.31. The first-order chi connectivity index (χ1) is 15.9. The van der Waals surface area contributed by atoms with Gasteiger partial charge in [0.25, 0.3) is 11.8 Å². The van der Waals surface area contributed by atoms with E-state index in [-0.39, 0.29) is 35.1 Å². The normalized spacial score (nSPS) is 15.8. The fourth-order valence-electron chi connectivity index (χ4n) is 3.84. The van der Waals surface area contributed by atoms with Crippen LogP contribution in [0.3, 0.4) is 0 Å². The number of nitrogens with zero attached hydrogens (tertiary/aromatic N) is 5. The lowest BCUT2D eigenvalue weighted by Crippen LogP contribution is -2.38. The Hall–Kier alpha value is -3.92. The molecule has 168 valence electrons. The highest BCUT2D eigenvalue weighted by atomic mass is 35.5. The van der Waals surface area contributed by atoms with Gasteiger partial charge in [-0.05, 0) is 30.7 Å². The van der Waals surface area contributed by atoms with E-state index in [0.29, 0.717) is 35.6 Å². The predicted molar refractivity (Wildman–Crippen MR) is 122 cm³/mol. The zero-order valence-electron chi connectivity index (χ0n) is 17.7. The molecule has 0 aliphatic carbocycles. The van der Waals surface area contributed by atoms with Gasteiger partial charge in [0.2, 0.25) is 0 Å². The number of pyridine rings is 1. The van der Waals surface area contributed by atoms with Crippen LogP contribution < -0.4 is 11.1 Å². The third kappa shape index (κ3) is 4.12. The molecule has 0 unspecified atom stereocenters. The number of rotatable bonds is 4. The molecular formula is C22H20ClN7O3. The van der Waals surface area contributed by atoms with Gasteiger partial charge in [0.05, 0.1) is 11.8 Å². The summed E-state index contributed by atoms with van der Waals surface area (Å²) in [6.07, 6.45) is 5.72. The van der Waals surface area contributed by atoms with Gasteiger partial charge in [0, 0.05) is 54.7 Å². The van der Waals surface area contributed by atoms with Crippen molar-refractivity contribution < 1.29 is 14.0 Å². The molecule has 2 amide bonds. The van der Waals surface area contributed by atoms with Crippen LogP contribution in [0, 0.1) is 0 Å². The monoisotopic (exact) mass is 465 g/mol. The number of oxazole rings is 1. The number of benzene rings is 1. The van der Waals surface area contributed by atoms with Crippen molar-refractivity contribution in [1.29, 1.82) is 0 Å². The summed E-state index contributed by atoms with van der Waals surface area (Å²) in [5.74, 6) is -0.548. The summed E-state index contributed by atoms with van der Waals surface area (Å²) in [6.45, 7) is 0.798. The molecule has 1 atom stereocenters. The van der Waals surface area contributed by atoms with Crippen molar-refractivity contribution in [2.45, 2.75) is 12.5 Å². The summed E-state index contributed by atoms with van der Waals surface area (Å²) >= 11 is 5.97. The molecule has 1 fully saturated rings. The van der Waals surface area contributed by atoms with E-state index in [0.717, 1.165) is 11.1 Å². The Labute approximate surface area is 193 Å². The van der Waals surface area contributed by atoms with Gasteiger partial charge in [-0.2, -0.15) is 5.10 Å². The van der Waals surface area contributed by atoms with Crippen molar-refractivity contribution in [2.24, 2.45) is 7.05 Å². The number of carbonyl (C=O) groups excluding carboxylic acids is 2. The standard InChI is InChI=1S/C22H20ClN7O3/c1-29-10-13(9-26-29)12-6-16(19(24)25-8-12)20(31)27-15-4-5-30(11-15)22(32)21-28-17-7-14(23)2-3-18(17)33-21/h2-3,6-10,15H,4-5,11H2,1H3,(H2,24,25)(H,27,31)/t15-/m1/s1. The maximum Gasteiger partial charge on any atom is 0.309 e. The maximum atomic E-state index is 12.9. The van der Waals surface area contributed by atoms with Crippen molar-refractivity contribution in [2.75, 3.05) is 18.8 Å². The molecule has 3 N–H and O–H groups in total. The lowest BCUT2D eigenvalue weighted by molar-refractivity contribution is 0.0747. The van der Waals surface area contributed by atoms with Gasteiger partial charge in [-0.25, -0.2) is 9.97 Å². The molecule has 4 heterocycles. The quantitative estimate of drug-likeness (QED) is 0.473.